The molecule has 0 aliphatic heterocycles. The first-order valence-corrected chi connectivity index (χ1v) is 6.54. The van der Waals surface area contributed by atoms with E-state index in [0.29, 0.717) is 6.54 Å². The number of hydrogen-bond acceptors (Lipinski definition) is 2. The minimum atomic E-state index is -0.222. The Morgan fingerprint density at radius 1 is 1.33 bits per heavy atom. The van der Waals surface area contributed by atoms with Gasteiger partial charge in [0.1, 0.15) is 5.82 Å². The number of halogens is 2. The van der Waals surface area contributed by atoms with Gasteiger partial charge in [0.25, 0.3) is 0 Å². The summed E-state index contributed by atoms with van der Waals surface area (Å²) in [5.74, 6) is -0.222. The lowest BCUT2D eigenvalue weighted by molar-refractivity contribution is 0.556. The summed E-state index contributed by atoms with van der Waals surface area (Å²) in [6.45, 7) is 2.63. The summed E-state index contributed by atoms with van der Waals surface area (Å²) in [7, 11) is 0. The highest BCUT2D eigenvalue weighted by molar-refractivity contribution is 9.10. The zero-order valence-electron chi connectivity index (χ0n) is 10.0. The fourth-order valence-corrected chi connectivity index (χ4v) is 2.07. The van der Waals surface area contributed by atoms with Gasteiger partial charge in [-0.2, -0.15) is 0 Å². The van der Waals surface area contributed by atoms with Crippen molar-refractivity contribution in [3.63, 3.8) is 0 Å². The fourth-order valence-electron chi connectivity index (χ4n) is 1.68. The highest BCUT2D eigenvalue weighted by Gasteiger charge is 2.07. The van der Waals surface area contributed by atoms with Gasteiger partial charge in [-0.05, 0) is 42.8 Å². The predicted octanol–water partition coefficient (Wildman–Crippen LogP) is 3.83. The lowest BCUT2D eigenvalue weighted by atomic mass is 10.1. The molecule has 4 heteroatoms. The Labute approximate surface area is 114 Å². The third-order valence-electron chi connectivity index (χ3n) is 2.74. The molecular formula is C14H14BrFN2. The number of aromatic nitrogens is 1. The molecule has 2 rings (SSSR count). The van der Waals surface area contributed by atoms with Gasteiger partial charge in [0, 0.05) is 23.3 Å². The maximum absolute atomic E-state index is 13.1. The molecule has 0 amide bonds. The zero-order valence-corrected chi connectivity index (χ0v) is 11.6. The standard InChI is InChI=1S/C14H14BrFN2/c1-10(14-4-2-3-7-17-14)18-9-11-8-12(16)5-6-13(11)15/h2-8,10,18H,9H2,1H3. The van der Waals surface area contributed by atoms with Crippen molar-refractivity contribution in [3.05, 3.63) is 64.1 Å². The van der Waals surface area contributed by atoms with E-state index >= 15 is 0 Å². The number of nitrogens with zero attached hydrogens (tertiary/aromatic N) is 1. The molecule has 0 saturated carbocycles. The van der Waals surface area contributed by atoms with Crippen LogP contribution in [-0.4, -0.2) is 4.98 Å². The number of hydrogen-bond donors (Lipinski definition) is 1. The Hall–Kier alpha value is -1.26. The Bertz CT molecular complexity index is 516. The van der Waals surface area contributed by atoms with E-state index in [9.17, 15) is 4.39 Å². The fraction of sp³-hybridized carbons (Fsp3) is 0.214. The van der Waals surface area contributed by atoms with Crippen LogP contribution in [0.1, 0.15) is 24.2 Å². The van der Waals surface area contributed by atoms with E-state index in [1.165, 1.54) is 12.1 Å². The van der Waals surface area contributed by atoms with Gasteiger partial charge < -0.3 is 5.32 Å². The van der Waals surface area contributed by atoms with Crippen molar-refractivity contribution < 1.29 is 4.39 Å². The second-order valence-corrected chi connectivity index (χ2v) is 4.95. The van der Waals surface area contributed by atoms with Crippen molar-refractivity contribution in [1.82, 2.24) is 10.3 Å². The van der Waals surface area contributed by atoms with Gasteiger partial charge in [0.05, 0.1) is 5.69 Å². The summed E-state index contributed by atoms with van der Waals surface area (Å²) in [6, 6.07) is 10.6. The summed E-state index contributed by atoms with van der Waals surface area (Å²) in [5, 5.41) is 3.32. The monoisotopic (exact) mass is 308 g/mol. The maximum Gasteiger partial charge on any atom is 0.123 e. The summed E-state index contributed by atoms with van der Waals surface area (Å²) in [4.78, 5) is 4.28. The van der Waals surface area contributed by atoms with Crippen LogP contribution in [0.4, 0.5) is 4.39 Å². The van der Waals surface area contributed by atoms with Gasteiger partial charge in [0.15, 0.2) is 0 Å². The Morgan fingerprint density at radius 2 is 2.17 bits per heavy atom. The van der Waals surface area contributed by atoms with E-state index in [0.717, 1.165) is 15.7 Å². The van der Waals surface area contributed by atoms with Crippen molar-refractivity contribution in [2.75, 3.05) is 0 Å². The maximum atomic E-state index is 13.1. The van der Waals surface area contributed by atoms with E-state index in [1.807, 2.05) is 25.1 Å². The van der Waals surface area contributed by atoms with Crippen LogP contribution in [0.2, 0.25) is 0 Å². The molecule has 1 aromatic heterocycles. The van der Waals surface area contributed by atoms with Crippen molar-refractivity contribution in [2.45, 2.75) is 19.5 Å². The van der Waals surface area contributed by atoms with E-state index in [-0.39, 0.29) is 11.9 Å². The van der Waals surface area contributed by atoms with Crippen molar-refractivity contribution in [2.24, 2.45) is 0 Å². The first-order valence-electron chi connectivity index (χ1n) is 5.75. The summed E-state index contributed by atoms with van der Waals surface area (Å²) in [5.41, 5.74) is 1.88. The topological polar surface area (TPSA) is 24.9 Å². The SMILES string of the molecule is CC(NCc1cc(F)ccc1Br)c1ccccn1. The molecule has 0 aliphatic rings. The van der Waals surface area contributed by atoms with Crippen LogP contribution in [0.3, 0.4) is 0 Å². The molecule has 1 atom stereocenters. The van der Waals surface area contributed by atoms with Crippen LogP contribution in [0.25, 0.3) is 0 Å². The Kier molecular flexibility index (Phi) is 4.44. The van der Waals surface area contributed by atoms with Crippen LogP contribution >= 0.6 is 15.9 Å². The first kappa shape index (κ1) is 13.2. The normalized spacial score (nSPS) is 12.4. The van der Waals surface area contributed by atoms with Crippen LogP contribution in [0.5, 0.6) is 0 Å². The third kappa shape index (κ3) is 3.37. The molecule has 1 heterocycles. The minimum absolute atomic E-state index is 0.126. The second kappa shape index (κ2) is 6.07. The van der Waals surface area contributed by atoms with Crippen LogP contribution in [0.15, 0.2) is 47.1 Å². The molecule has 1 aromatic carbocycles. The highest BCUT2D eigenvalue weighted by atomic mass is 79.9. The molecule has 0 bridgehead atoms. The van der Waals surface area contributed by atoms with Crippen molar-refractivity contribution in [3.8, 4) is 0 Å². The number of benzene rings is 1. The molecule has 0 aliphatic carbocycles. The average Bonchev–Trinajstić information content (AvgIpc) is 2.40. The van der Waals surface area contributed by atoms with Crippen LogP contribution < -0.4 is 5.32 Å². The average molecular weight is 309 g/mol. The quantitative estimate of drug-likeness (QED) is 0.928. The highest BCUT2D eigenvalue weighted by Crippen LogP contribution is 2.19. The zero-order chi connectivity index (χ0) is 13.0. The second-order valence-electron chi connectivity index (χ2n) is 4.09. The van der Waals surface area contributed by atoms with E-state index in [4.69, 9.17) is 0 Å². The number of pyridine rings is 1. The molecule has 0 spiro atoms. The molecule has 2 nitrogen and oxygen atoms in total. The summed E-state index contributed by atoms with van der Waals surface area (Å²) in [6.07, 6.45) is 1.77. The van der Waals surface area contributed by atoms with E-state index < -0.39 is 0 Å². The smallest absolute Gasteiger partial charge is 0.123 e. The molecule has 1 N–H and O–H groups in total. The van der Waals surface area contributed by atoms with Crippen molar-refractivity contribution in [1.29, 1.82) is 0 Å². The van der Waals surface area contributed by atoms with Gasteiger partial charge in [-0.3, -0.25) is 4.98 Å². The largest absolute Gasteiger partial charge is 0.305 e. The van der Waals surface area contributed by atoms with Gasteiger partial charge in [0.2, 0.25) is 0 Å². The van der Waals surface area contributed by atoms with E-state index in [1.54, 1.807) is 12.3 Å². The molecule has 0 radical (unpaired) electrons. The Morgan fingerprint density at radius 3 is 2.89 bits per heavy atom. The van der Waals surface area contributed by atoms with Gasteiger partial charge in [-0.25, -0.2) is 4.39 Å². The number of rotatable bonds is 4. The Balaban J connectivity index is 2.01. The molecule has 1 unspecified atom stereocenters. The van der Waals surface area contributed by atoms with Gasteiger partial charge in [-0.1, -0.05) is 22.0 Å². The minimum Gasteiger partial charge on any atom is -0.305 e. The number of nitrogens with one attached hydrogen (secondary N) is 1. The molecule has 0 fully saturated rings. The summed E-state index contributed by atoms with van der Waals surface area (Å²) >= 11 is 3.41. The third-order valence-corrected chi connectivity index (χ3v) is 3.51. The molecule has 0 saturated heterocycles. The molecular weight excluding hydrogens is 295 g/mol. The lowest BCUT2D eigenvalue weighted by Gasteiger charge is -2.14. The molecule has 94 valence electrons. The predicted molar refractivity (Wildman–Crippen MR) is 73.6 cm³/mol. The van der Waals surface area contributed by atoms with E-state index in [2.05, 4.69) is 26.2 Å². The van der Waals surface area contributed by atoms with Crippen LogP contribution in [0, 0.1) is 5.82 Å². The van der Waals surface area contributed by atoms with Gasteiger partial charge >= 0.3 is 0 Å². The van der Waals surface area contributed by atoms with Crippen LogP contribution in [-0.2, 0) is 6.54 Å². The van der Waals surface area contributed by atoms with Gasteiger partial charge in [-0.15, -0.1) is 0 Å². The first-order chi connectivity index (χ1) is 8.66. The molecule has 2 aromatic rings. The molecule has 18 heavy (non-hydrogen) atoms. The summed E-state index contributed by atoms with van der Waals surface area (Å²) < 4.78 is 14.0. The van der Waals surface area contributed by atoms with Crippen molar-refractivity contribution >= 4 is 15.9 Å². The lowest BCUT2D eigenvalue weighted by Crippen LogP contribution is -2.19.